The minimum absolute atomic E-state index is 0. The van der Waals surface area contributed by atoms with E-state index in [2.05, 4.69) is 0 Å². The van der Waals surface area contributed by atoms with Crippen molar-refractivity contribution < 1.29 is 11.0 Å². The van der Waals surface area contributed by atoms with Crippen molar-refractivity contribution >= 4 is 5.91 Å². The van der Waals surface area contributed by atoms with Gasteiger partial charge in [-0.3, -0.25) is 4.79 Å². The SMILES string of the molecule is NC(=O)CCOCC1CCCC1.[HH]. The van der Waals surface area contributed by atoms with Gasteiger partial charge in [-0.1, -0.05) is 12.8 Å². The predicted octanol–water partition coefficient (Wildman–Crippen LogP) is 1.31. The highest BCUT2D eigenvalue weighted by atomic mass is 16.5. The lowest BCUT2D eigenvalue weighted by molar-refractivity contribution is -0.119. The fourth-order valence-corrected chi connectivity index (χ4v) is 1.60. The van der Waals surface area contributed by atoms with Gasteiger partial charge in [0, 0.05) is 14.5 Å². The second kappa shape index (κ2) is 5.14. The number of rotatable bonds is 5. The quantitative estimate of drug-likeness (QED) is 0.637. The van der Waals surface area contributed by atoms with Crippen LogP contribution in [0.3, 0.4) is 0 Å². The summed E-state index contributed by atoms with van der Waals surface area (Å²) in [4.78, 5) is 10.3. The Hall–Kier alpha value is -0.570. The first kappa shape index (κ1) is 9.52. The van der Waals surface area contributed by atoms with Crippen molar-refractivity contribution in [1.82, 2.24) is 0 Å². The molecule has 1 fully saturated rings. The molecule has 72 valence electrons. The van der Waals surface area contributed by atoms with Crippen molar-refractivity contribution in [1.29, 1.82) is 0 Å². The molecule has 1 amide bonds. The third-order valence-electron chi connectivity index (χ3n) is 2.32. The van der Waals surface area contributed by atoms with Crippen molar-refractivity contribution in [3.63, 3.8) is 0 Å². The first-order valence-corrected chi connectivity index (χ1v) is 4.65. The standard InChI is InChI=1S/C9H17NO2.H2/c10-9(11)5-6-12-7-8-3-1-2-4-8;/h8H,1-7H2,(H2,10,11);1H. The van der Waals surface area contributed by atoms with Gasteiger partial charge in [0.1, 0.15) is 0 Å². The molecule has 0 saturated heterocycles. The summed E-state index contributed by atoms with van der Waals surface area (Å²) in [5, 5.41) is 0. The predicted molar refractivity (Wildman–Crippen MR) is 48.7 cm³/mol. The third kappa shape index (κ3) is 3.72. The van der Waals surface area contributed by atoms with Crippen molar-refractivity contribution in [2.45, 2.75) is 32.1 Å². The zero-order valence-corrected chi connectivity index (χ0v) is 7.42. The molecule has 1 aliphatic rings. The maximum absolute atomic E-state index is 10.3. The minimum Gasteiger partial charge on any atom is -0.381 e. The van der Waals surface area contributed by atoms with Crippen LogP contribution in [0, 0.1) is 5.92 Å². The number of hydrogen-bond donors (Lipinski definition) is 1. The van der Waals surface area contributed by atoms with Crippen LogP contribution in [0.2, 0.25) is 0 Å². The molecule has 0 aromatic heterocycles. The maximum Gasteiger partial charge on any atom is 0.219 e. The van der Waals surface area contributed by atoms with Gasteiger partial charge in [0.05, 0.1) is 6.61 Å². The van der Waals surface area contributed by atoms with Crippen LogP contribution >= 0.6 is 0 Å². The first-order chi connectivity index (χ1) is 5.79. The summed E-state index contributed by atoms with van der Waals surface area (Å²) in [5.74, 6) is 0.458. The van der Waals surface area contributed by atoms with E-state index in [9.17, 15) is 4.79 Å². The van der Waals surface area contributed by atoms with Crippen LogP contribution in [0.5, 0.6) is 0 Å². The highest BCUT2D eigenvalue weighted by molar-refractivity contribution is 5.73. The molecule has 0 spiro atoms. The second-order valence-electron chi connectivity index (χ2n) is 3.44. The van der Waals surface area contributed by atoms with Gasteiger partial charge in [0.25, 0.3) is 0 Å². The molecular weight excluding hydrogens is 154 g/mol. The van der Waals surface area contributed by atoms with Crippen molar-refractivity contribution in [3.8, 4) is 0 Å². The molecule has 1 rings (SSSR count). The summed E-state index contributed by atoms with van der Waals surface area (Å²) in [7, 11) is 0. The van der Waals surface area contributed by atoms with Crippen LogP contribution in [-0.4, -0.2) is 19.1 Å². The molecule has 0 aromatic carbocycles. The fraction of sp³-hybridized carbons (Fsp3) is 0.889. The second-order valence-corrected chi connectivity index (χ2v) is 3.44. The van der Waals surface area contributed by atoms with Crippen molar-refractivity contribution in [2.24, 2.45) is 11.7 Å². The monoisotopic (exact) mass is 173 g/mol. The van der Waals surface area contributed by atoms with E-state index in [4.69, 9.17) is 10.5 Å². The van der Waals surface area contributed by atoms with Gasteiger partial charge in [-0.05, 0) is 18.8 Å². The Morgan fingerprint density at radius 1 is 1.50 bits per heavy atom. The molecule has 0 heterocycles. The molecule has 0 atom stereocenters. The zero-order chi connectivity index (χ0) is 8.81. The van der Waals surface area contributed by atoms with E-state index in [-0.39, 0.29) is 7.33 Å². The largest absolute Gasteiger partial charge is 0.381 e. The van der Waals surface area contributed by atoms with Crippen LogP contribution in [0.1, 0.15) is 33.5 Å². The van der Waals surface area contributed by atoms with E-state index >= 15 is 0 Å². The molecule has 2 N–H and O–H groups in total. The first-order valence-electron chi connectivity index (χ1n) is 4.65. The molecule has 3 nitrogen and oxygen atoms in total. The summed E-state index contributed by atoms with van der Waals surface area (Å²) in [6.45, 7) is 1.30. The third-order valence-corrected chi connectivity index (χ3v) is 2.32. The van der Waals surface area contributed by atoms with E-state index in [0.717, 1.165) is 12.5 Å². The average Bonchev–Trinajstić information content (AvgIpc) is 2.49. The topological polar surface area (TPSA) is 52.3 Å². The van der Waals surface area contributed by atoms with Gasteiger partial charge in [0.15, 0.2) is 0 Å². The minimum atomic E-state index is -0.276. The molecule has 0 bridgehead atoms. The van der Waals surface area contributed by atoms with Gasteiger partial charge in [-0.2, -0.15) is 0 Å². The number of hydrogen-bond acceptors (Lipinski definition) is 2. The molecule has 12 heavy (non-hydrogen) atoms. The number of carbonyl (C=O) groups excluding carboxylic acids is 1. The normalized spacial score (nSPS) is 18.3. The number of ether oxygens (including phenoxy) is 1. The fourth-order valence-electron chi connectivity index (χ4n) is 1.60. The van der Waals surface area contributed by atoms with Crippen LogP contribution in [0.15, 0.2) is 0 Å². The van der Waals surface area contributed by atoms with Crippen LogP contribution in [0.4, 0.5) is 0 Å². The Morgan fingerprint density at radius 3 is 2.75 bits per heavy atom. The summed E-state index contributed by atoms with van der Waals surface area (Å²) >= 11 is 0. The van der Waals surface area contributed by atoms with E-state index in [1.165, 1.54) is 25.7 Å². The van der Waals surface area contributed by atoms with Gasteiger partial charge in [-0.25, -0.2) is 0 Å². The summed E-state index contributed by atoms with van der Waals surface area (Å²) in [5.41, 5.74) is 4.97. The molecule has 0 unspecified atom stereocenters. The van der Waals surface area contributed by atoms with E-state index in [0.29, 0.717) is 13.0 Å². The zero-order valence-electron chi connectivity index (χ0n) is 7.42. The maximum atomic E-state index is 10.3. The highest BCUT2D eigenvalue weighted by Crippen LogP contribution is 2.24. The van der Waals surface area contributed by atoms with E-state index in [1.807, 2.05) is 0 Å². The molecule has 1 saturated carbocycles. The lowest BCUT2D eigenvalue weighted by atomic mass is 10.1. The van der Waals surface area contributed by atoms with Gasteiger partial charge >= 0.3 is 0 Å². The van der Waals surface area contributed by atoms with E-state index < -0.39 is 0 Å². The molecule has 0 aromatic rings. The molecule has 0 aliphatic heterocycles. The Labute approximate surface area is 74.8 Å². The molecule has 3 heteroatoms. The lowest BCUT2D eigenvalue weighted by Crippen LogP contribution is -2.15. The average molecular weight is 173 g/mol. The Kier molecular flexibility index (Phi) is 4.08. The Morgan fingerprint density at radius 2 is 2.17 bits per heavy atom. The summed E-state index contributed by atoms with van der Waals surface area (Å²) < 4.78 is 5.33. The van der Waals surface area contributed by atoms with Crippen molar-refractivity contribution in [3.05, 3.63) is 0 Å². The summed E-state index contributed by atoms with van der Waals surface area (Å²) in [6.07, 6.45) is 5.60. The summed E-state index contributed by atoms with van der Waals surface area (Å²) in [6, 6.07) is 0. The van der Waals surface area contributed by atoms with Crippen molar-refractivity contribution in [2.75, 3.05) is 13.2 Å². The number of amides is 1. The van der Waals surface area contributed by atoms with Crippen LogP contribution in [-0.2, 0) is 9.53 Å². The Balaban J connectivity index is 0.00000144. The molecule has 1 aliphatic carbocycles. The number of nitrogens with two attached hydrogens (primary N) is 1. The van der Waals surface area contributed by atoms with Crippen LogP contribution in [0.25, 0.3) is 0 Å². The van der Waals surface area contributed by atoms with E-state index in [1.54, 1.807) is 0 Å². The van der Waals surface area contributed by atoms with Gasteiger partial charge in [0.2, 0.25) is 5.91 Å². The highest BCUT2D eigenvalue weighted by Gasteiger charge is 2.14. The smallest absolute Gasteiger partial charge is 0.219 e. The van der Waals surface area contributed by atoms with Gasteiger partial charge < -0.3 is 10.5 Å². The molecule has 0 radical (unpaired) electrons. The Bertz CT molecular complexity index is 147. The van der Waals surface area contributed by atoms with Gasteiger partial charge in [-0.15, -0.1) is 0 Å². The van der Waals surface area contributed by atoms with Crippen LogP contribution < -0.4 is 5.73 Å². The molecular formula is C9H19NO2. The number of carbonyl (C=O) groups is 1. The number of primary amides is 1. The lowest BCUT2D eigenvalue weighted by Gasteiger charge is -2.08.